The fraction of sp³-hybridized carbons (Fsp3) is 0.200. The molecule has 3 aromatic rings. The molecule has 20 heavy (non-hydrogen) atoms. The van der Waals surface area contributed by atoms with E-state index in [2.05, 4.69) is 39.9 Å². The molecule has 2 heterocycles. The number of hydrogen-bond donors (Lipinski definition) is 1. The first-order chi connectivity index (χ1) is 9.86. The topological polar surface area (TPSA) is 37.8 Å². The van der Waals surface area contributed by atoms with Gasteiger partial charge in [-0.15, -0.1) is 22.7 Å². The lowest BCUT2D eigenvalue weighted by atomic mass is 10.0. The maximum atomic E-state index is 4.69. The van der Waals surface area contributed by atoms with Crippen molar-refractivity contribution in [2.24, 2.45) is 0 Å². The number of thiazole rings is 2. The highest BCUT2D eigenvalue weighted by Gasteiger charge is 2.13. The van der Waals surface area contributed by atoms with Crippen molar-refractivity contribution in [2.75, 3.05) is 7.05 Å². The number of likely N-dealkylation sites (N-methyl/N-ethyl adjacent to an activating group) is 1. The Morgan fingerprint density at radius 2 is 2.00 bits per heavy atom. The molecule has 0 aliphatic heterocycles. The smallest absolute Gasteiger partial charge is 0.152 e. The van der Waals surface area contributed by atoms with Gasteiger partial charge in [-0.05, 0) is 12.6 Å². The average Bonchev–Trinajstić information content (AvgIpc) is 3.16. The van der Waals surface area contributed by atoms with Crippen LogP contribution in [-0.2, 0) is 6.42 Å². The van der Waals surface area contributed by atoms with Crippen molar-refractivity contribution in [1.82, 2.24) is 15.3 Å². The molecular formula is C15H15N3S2. The first kappa shape index (κ1) is 13.4. The lowest BCUT2D eigenvalue weighted by molar-refractivity contribution is 0.586. The van der Waals surface area contributed by atoms with Gasteiger partial charge in [-0.1, -0.05) is 30.3 Å². The zero-order valence-electron chi connectivity index (χ0n) is 11.1. The second-order valence-electron chi connectivity index (χ2n) is 4.44. The van der Waals surface area contributed by atoms with Gasteiger partial charge in [0.1, 0.15) is 0 Å². The zero-order valence-corrected chi connectivity index (χ0v) is 12.7. The van der Waals surface area contributed by atoms with E-state index in [4.69, 9.17) is 4.98 Å². The molecule has 0 aliphatic carbocycles. The van der Waals surface area contributed by atoms with E-state index in [1.165, 1.54) is 5.56 Å². The summed E-state index contributed by atoms with van der Waals surface area (Å²) in [4.78, 5) is 9.00. The Hall–Kier alpha value is -1.56. The zero-order chi connectivity index (χ0) is 13.8. The lowest BCUT2D eigenvalue weighted by Crippen LogP contribution is -2.18. The number of nitrogens with one attached hydrogen (secondary N) is 1. The van der Waals surface area contributed by atoms with Crippen LogP contribution in [0.5, 0.6) is 0 Å². The summed E-state index contributed by atoms with van der Waals surface area (Å²) in [7, 11) is 1.99. The molecule has 3 rings (SSSR count). The summed E-state index contributed by atoms with van der Waals surface area (Å²) in [5.74, 6) is 0. The van der Waals surface area contributed by atoms with Gasteiger partial charge in [-0.3, -0.25) is 0 Å². The summed E-state index contributed by atoms with van der Waals surface area (Å²) in [5, 5.41) is 9.49. The second kappa shape index (κ2) is 6.26. The van der Waals surface area contributed by atoms with Crippen molar-refractivity contribution >= 4 is 22.7 Å². The van der Waals surface area contributed by atoms with E-state index in [1.54, 1.807) is 22.7 Å². The highest BCUT2D eigenvalue weighted by molar-refractivity contribution is 7.19. The van der Waals surface area contributed by atoms with Gasteiger partial charge < -0.3 is 5.32 Å². The minimum Gasteiger partial charge on any atom is -0.313 e. The van der Waals surface area contributed by atoms with Gasteiger partial charge in [0, 0.05) is 29.4 Å². The van der Waals surface area contributed by atoms with E-state index in [0.29, 0.717) is 6.04 Å². The molecule has 1 aromatic carbocycles. The van der Waals surface area contributed by atoms with E-state index in [1.807, 2.05) is 24.7 Å². The van der Waals surface area contributed by atoms with Crippen LogP contribution in [0.25, 0.3) is 10.0 Å². The standard InChI is InChI=1S/C15H15N3S2/c1-16-13(11-5-3-2-4-6-11)9-12-10-20-15(18-12)14-17-7-8-19-14/h2-8,10,13,16H,9H2,1H3. The number of aromatic nitrogens is 2. The Balaban J connectivity index is 1.77. The van der Waals surface area contributed by atoms with Crippen LogP contribution in [0.1, 0.15) is 17.3 Å². The summed E-state index contributed by atoms with van der Waals surface area (Å²) in [6.45, 7) is 0. The van der Waals surface area contributed by atoms with Gasteiger partial charge in [-0.2, -0.15) is 0 Å². The molecule has 3 nitrogen and oxygen atoms in total. The molecule has 102 valence electrons. The Morgan fingerprint density at radius 3 is 2.70 bits per heavy atom. The molecule has 0 fully saturated rings. The van der Waals surface area contributed by atoms with Crippen LogP contribution < -0.4 is 5.32 Å². The maximum Gasteiger partial charge on any atom is 0.152 e. The second-order valence-corrected chi connectivity index (χ2v) is 6.19. The van der Waals surface area contributed by atoms with Crippen LogP contribution in [0.15, 0.2) is 47.3 Å². The largest absolute Gasteiger partial charge is 0.313 e. The fourth-order valence-corrected chi connectivity index (χ4v) is 3.64. The molecule has 0 aliphatic rings. The van der Waals surface area contributed by atoms with Crippen LogP contribution in [0.3, 0.4) is 0 Å². The third kappa shape index (κ3) is 2.95. The Morgan fingerprint density at radius 1 is 1.15 bits per heavy atom. The first-order valence-corrected chi connectivity index (χ1v) is 8.19. The molecule has 5 heteroatoms. The fourth-order valence-electron chi connectivity index (χ4n) is 2.11. The molecular weight excluding hydrogens is 286 g/mol. The molecule has 1 N–H and O–H groups in total. The summed E-state index contributed by atoms with van der Waals surface area (Å²) in [6.07, 6.45) is 2.71. The molecule has 0 bridgehead atoms. The highest BCUT2D eigenvalue weighted by Crippen LogP contribution is 2.27. The van der Waals surface area contributed by atoms with Crippen LogP contribution in [-0.4, -0.2) is 17.0 Å². The Bertz CT molecular complexity index is 647. The predicted molar refractivity (Wildman–Crippen MR) is 85.2 cm³/mol. The summed E-state index contributed by atoms with van der Waals surface area (Å²) in [5.41, 5.74) is 2.40. The number of rotatable bonds is 5. The minimum absolute atomic E-state index is 0.294. The van der Waals surface area contributed by atoms with Crippen molar-refractivity contribution in [3.8, 4) is 10.0 Å². The summed E-state index contributed by atoms with van der Waals surface area (Å²) >= 11 is 3.30. The van der Waals surface area contributed by atoms with E-state index < -0.39 is 0 Å². The third-order valence-electron chi connectivity index (χ3n) is 3.13. The summed E-state index contributed by atoms with van der Waals surface area (Å²) < 4.78 is 0. The lowest BCUT2D eigenvalue weighted by Gasteiger charge is -2.15. The Kier molecular flexibility index (Phi) is 4.20. The van der Waals surface area contributed by atoms with Gasteiger partial charge in [0.05, 0.1) is 5.69 Å². The number of benzene rings is 1. The maximum absolute atomic E-state index is 4.69. The van der Waals surface area contributed by atoms with Crippen molar-refractivity contribution in [1.29, 1.82) is 0 Å². The Labute approximate surface area is 126 Å². The first-order valence-electron chi connectivity index (χ1n) is 6.43. The van der Waals surface area contributed by atoms with Crippen molar-refractivity contribution in [2.45, 2.75) is 12.5 Å². The molecule has 0 saturated carbocycles. The van der Waals surface area contributed by atoms with Gasteiger partial charge in [0.2, 0.25) is 0 Å². The van der Waals surface area contributed by atoms with E-state index >= 15 is 0 Å². The third-order valence-corrected chi connectivity index (χ3v) is 4.94. The summed E-state index contributed by atoms with van der Waals surface area (Å²) in [6, 6.07) is 10.8. The van der Waals surface area contributed by atoms with Gasteiger partial charge in [0.15, 0.2) is 10.0 Å². The van der Waals surface area contributed by atoms with E-state index in [-0.39, 0.29) is 0 Å². The highest BCUT2D eigenvalue weighted by atomic mass is 32.1. The van der Waals surface area contributed by atoms with Crippen molar-refractivity contribution in [3.63, 3.8) is 0 Å². The monoisotopic (exact) mass is 301 g/mol. The average molecular weight is 301 g/mol. The van der Waals surface area contributed by atoms with E-state index in [0.717, 1.165) is 22.1 Å². The van der Waals surface area contributed by atoms with Crippen molar-refractivity contribution in [3.05, 3.63) is 58.5 Å². The predicted octanol–water partition coefficient (Wildman–Crippen LogP) is 3.77. The molecule has 1 unspecified atom stereocenters. The van der Waals surface area contributed by atoms with E-state index in [9.17, 15) is 0 Å². The number of hydrogen-bond acceptors (Lipinski definition) is 5. The SMILES string of the molecule is CNC(Cc1csc(-c2nccs2)n1)c1ccccc1. The normalized spacial score (nSPS) is 12.4. The molecule has 0 amide bonds. The van der Waals surface area contributed by atoms with Gasteiger partial charge >= 0.3 is 0 Å². The minimum atomic E-state index is 0.294. The number of nitrogens with zero attached hydrogens (tertiary/aromatic N) is 2. The molecule has 1 atom stereocenters. The molecule has 0 radical (unpaired) electrons. The van der Waals surface area contributed by atoms with Gasteiger partial charge in [-0.25, -0.2) is 9.97 Å². The quantitative estimate of drug-likeness (QED) is 0.779. The van der Waals surface area contributed by atoms with Crippen LogP contribution in [0.2, 0.25) is 0 Å². The van der Waals surface area contributed by atoms with Crippen LogP contribution in [0.4, 0.5) is 0 Å². The molecule has 0 saturated heterocycles. The van der Waals surface area contributed by atoms with Gasteiger partial charge in [0.25, 0.3) is 0 Å². The molecule has 0 spiro atoms. The van der Waals surface area contributed by atoms with Crippen molar-refractivity contribution < 1.29 is 0 Å². The van der Waals surface area contributed by atoms with Crippen LogP contribution in [0, 0.1) is 0 Å². The molecule has 2 aromatic heterocycles. The van der Waals surface area contributed by atoms with Crippen LogP contribution >= 0.6 is 22.7 Å².